The molecule has 0 spiro atoms. The Morgan fingerprint density at radius 1 is 1.75 bits per heavy atom. The summed E-state index contributed by atoms with van der Waals surface area (Å²) >= 11 is 0. The normalized spacial score (nSPS) is 5.62. The zero-order valence-corrected chi connectivity index (χ0v) is 7.85. The average molecular weight is 192 g/mol. The molecule has 0 bridgehead atoms. The maximum absolute atomic E-state index is 9.48. The summed E-state index contributed by atoms with van der Waals surface area (Å²) in [6.45, 7) is 0.958. The molecule has 0 aliphatic heterocycles. The van der Waals surface area contributed by atoms with Crippen molar-refractivity contribution in [3.05, 3.63) is 14.0 Å². The summed E-state index contributed by atoms with van der Waals surface area (Å²) in [6.07, 6.45) is 0. The fourth-order valence-corrected chi connectivity index (χ4v) is 0.123. The average Bonchev–Trinajstić information content (AvgIpc) is 1.35. The third-order valence-corrected chi connectivity index (χ3v) is 0.268. The van der Waals surface area contributed by atoms with Crippen LogP contribution in [0, 0.1) is 14.0 Å². The largest absolute Gasteiger partial charge is 0.502 e. The molecule has 0 aliphatic carbocycles. The summed E-state index contributed by atoms with van der Waals surface area (Å²) in [5.41, 5.74) is 0. The maximum Gasteiger partial charge on any atom is 0.177 e. The molecular weight excluding hydrogens is 183 g/mol. The molecule has 0 saturated carbocycles. The van der Waals surface area contributed by atoms with Crippen LogP contribution in [0.3, 0.4) is 0 Å². The van der Waals surface area contributed by atoms with Gasteiger partial charge in [-0.3, -0.25) is 4.79 Å². The predicted molar refractivity (Wildman–Crippen MR) is 27.4 cm³/mol. The van der Waals surface area contributed by atoms with Gasteiger partial charge >= 0.3 is 0 Å². The molecule has 0 aromatic carbocycles. The Balaban J connectivity index is -0.000000125. The molecule has 3 nitrogen and oxygen atoms in total. The number of nitrogens with one attached hydrogen (secondary N) is 1. The van der Waals surface area contributed by atoms with E-state index in [-0.39, 0.29) is 40.1 Å². The molecule has 0 unspecified atom stereocenters. The van der Waals surface area contributed by atoms with Crippen LogP contribution in [0.25, 0.3) is 0 Å². The first-order chi connectivity index (χ1) is 2.77. The Kier molecular flexibility index (Phi) is 20.5. The number of carbonyl (C=O) groups is 1. The first kappa shape index (κ1) is 15.8. The number of rotatable bonds is 2. The van der Waals surface area contributed by atoms with E-state index in [1.54, 1.807) is 0 Å². The van der Waals surface area contributed by atoms with Gasteiger partial charge in [0.05, 0.1) is 0 Å². The van der Waals surface area contributed by atoms with Crippen LogP contribution in [-0.4, -0.2) is 18.1 Å². The van der Waals surface area contributed by atoms with Crippen LogP contribution in [0.5, 0.6) is 0 Å². The number of carboxylic acid groups (broad SMARTS) is 1. The Morgan fingerprint density at radius 2 is 2.12 bits per heavy atom. The minimum atomic E-state index is -0.947. The molecule has 0 rings (SSSR count). The predicted octanol–water partition coefficient (Wildman–Crippen LogP) is -0.100. The van der Waals surface area contributed by atoms with Crippen LogP contribution in [0.1, 0.15) is 0 Å². The Labute approximate surface area is 74.7 Å². The molecule has 47 valence electrons. The fraction of sp³-hybridized carbons (Fsp3) is 0.250. The van der Waals surface area contributed by atoms with Gasteiger partial charge in [0, 0.05) is 32.7 Å². The molecule has 0 fully saturated rings. The van der Waals surface area contributed by atoms with Crippen molar-refractivity contribution in [2.24, 2.45) is 0 Å². The molecule has 8 heavy (non-hydrogen) atoms. The van der Waals surface area contributed by atoms with E-state index in [0.717, 1.165) is 6.54 Å². The summed E-state index contributed by atoms with van der Waals surface area (Å²) in [4.78, 5) is 9.48. The Bertz CT molecular complexity index is 58.0. The number of aliphatic carboxylic acids is 1. The second kappa shape index (κ2) is 10.4. The molecule has 0 atom stereocenters. The van der Waals surface area contributed by atoms with Crippen molar-refractivity contribution in [2.45, 2.75) is 0 Å². The van der Waals surface area contributed by atoms with Gasteiger partial charge in [-0.25, -0.2) is 6.54 Å². The van der Waals surface area contributed by atoms with E-state index < -0.39 is 5.97 Å². The number of likely N-dealkylation sites (N-methyl/N-ethyl adjacent to an activating group) is 1. The second-order valence-electron chi connectivity index (χ2n) is 0.771. The van der Waals surface area contributed by atoms with E-state index in [4.69, 9.17) is 5.11 Å². The first-order valence-electron chi connectivity index (χ1n) is 1.51. The van der Waals surface area contributed by atoms with Crippen LogP contribution in [0.2, 0.25) is 0 Å². The third kappa shape index (κ3) is 16.1. The van der Waals surface area contributed by atoms with Crippen molar-refractivity contribution < 1.29 is 42.6 Å². The van der Waals surface area contributed by atoms with Gasteiger partial charge in [-0.15, -0.1) is 0 Å². The van der Waals surface area contributed by atoms with Gasteiger partial charge in [0.1, 0.15) is 0 Å². The van der Waals surface area contributed by atoms with E-state index in [0.29, 0.717) is 0 Å². The zero-order valence-electron chi connectivity index (χ0n) is 5.01. The van der Waals surface area contributed by atoms with Crippen LogP contribution < -0.4 is 5.32 Å². The topological polar surface area (TPSA) is 49.3 Å². The van der Waals surface area contributed by atoms with Gasteiger partial charge in [-0.2, -0.15) is 0 Å². The van der Waals surface area contributed by atoms with Crippen molar-refractivity contribution >= 4 is 5.97 Å². The standard InChI is InChI=1S/C3H6NO2.CH3.Y/c1-4-2-3(5)6;;/h2,4H,1H3,(H,5,6);1H3;/q2*-1;. The number of hydrogen-bond donors (Lipinski definition) is 2. The van der Waals surface area contributed by atoms with Crippen molar-refractivity contribution in [3.8, 4) is 0 Å². The minimum absolute atomic E-state index is 0. The molecule has 4 heteroatoms. The first-order valence-corrected chi connectivity index (χ1v) is 1.51. The Hall–Kier alpha value is 0.404. The molecule has 0 aromatic heterocycles. The quantitative estimate of drug-likeness (QED) is 0.600. The number of hydrogen-bond acceptors (Lipinski definition) is 2. The monoisotopic (exact) mass is 192 g/mol. The summed E-state index contributed by atoms with van der Waals surface area (Å²) in [5, 5.41) is 10.1. The van der Waals surface area contributed by atoms with Crippen molar-refractivity contribution in [1.82, 2.24) is 5.32 Å². The second-order valence-corrected chi connectivity index (χ2v) is 0.771. The van der Waals surface area contributed by atoms with Gasteiger partial charge in [-0.05, 0) is 7.05 Å². The van der Waals surface area contributed by atoms with Crippen molar-refractivity contribution in [3.63, 3.8) is 0 Å². The minimum Gasteiger partial charge on any atom is -0.502 e. The maximum atomic E-state index is 9.48. The summed E-state index contributed by atoms with van der Waals surface area (Å²) in [7, 11) is 1.54. The van der Waals surface area contributed by atoms with Crippen LogP contribution in [0.15, 0.2) is 0 Å². The number of carboxylic acids is 1. The molecule has 1 radical (unpaired) electrons. The van der Waals surface area contributed by atoms with Gasteiger partial charge < -0.3 is 17.8 Å². The smallest absolute Gasteiger partial charge is 0.177 e. The fourth-order valence-electron chi connectivity index (χ4n) is 0.123. The zero-order chi connectivity index (χ0) is 4.99. The van der Waals surface area contributed by atoms with Crippen molar-refractivity contribution in [2.75, 3.05) is 7.05 Å². The van der Waals surface area contributed by atoms with Crippen molar-refractivity contribution in [1.29, 1.82) is 0 Å². The third-order valence-electron chi connectivity index (χ3n) is 0.268. The molecule has 0 aliphatic rings. The van der Waals surface area contributed by atoms with Crippen LogP contribution >= 0.6 is 0 Å². The summed E-state index contributed by atoms with van der Waals surface area (Å²) < 4.78 is 0. The summed E-state index contributed by atoms with van der Waals surface area (Å²) in [6, 6.07) is 0. The van der Waals surface area contributed by atoms with E-state index in [1.807, 2.05) is 0 Å². The van der Waals surface area contributed by atoms with Gasteiger partial charge in [0.2, 0.25) is 0 Å². The van der Waals surface area contributed by atoms with Crippen LogP contribution in [-0.2, 0) is 37.5 Å². The molecule has 0 amide bonds. The van der Waals surface area contributed by atoms with E-state index in [1.165, 1.54) is 7.05 Å². The van der Waals surface area contributed by atoms with Gasteiger partial charge in [-0.1, -0.05) is 0 Å². The molecule has 0 aromatic rings. The Morgan fingerprint density at radius 3 is 2.12 bits per heavy atom. The molecule has 2 N–H and O–H groups in total. The summed E-state index contributed by atoms with van der Waals surface area (Å²) in [5.74, 6) is -0.947. The van der Waals surface area contributed by atoms with E-state index >= 15 is 0 Å². The molecule has 0 saturated heterocycles. The molecule has 0 heterocycles. The SMILES string of the molecule is CN[CH-]C(=O)O.[CH3-].[Y]. The van der Waals surface area contributed by atoms with Crippen LogP contribution in [0.4, 0.5) is 0 Å². The van der Waals surface area contributed by atoms with Gasteiger partial charge in [0.15, 0.2) is 5.97 Å². The van der Waals surface area contributed by atoms with Gasteiger partial charge in [0.25, 0.3) is 0 Å². The van der Waals surface area contributed by atoms with E-state index in [9.17, 15) is 4.79 Å². The molecular formula is C4H9NO2Y-2. The van der Waals surface area contributed by atoms with E-state index in [2.05, 4.69) is 5.32 Å².